The van der Waals surface area contributed by atoms with Crippen LogP contribution in [0.15, 0.2) is 0 Å². The van der Waals surface area contributed by atoms with Crippen molar-refractivity contribution in [1.29, 1.82) is 0 Å². The summed E-state index contributed by atoms with van der Waals surface area (Å²) >= 11 is 0. The Labute approximate surface area is 68.6 Å². The standard InChI is InChI=1S/C8H18NO2/c1-8(2)9(5-7-11)4-3-6-10/h8,11H,3-7H2,1-2H3. The second-order valence-electron chi connectivity index (χ2n) is 2.91. The van der Waals surface area contributed by atoms with Gasteiger partial charge in [0.2, 0.25) is 0 Å². The van der Waals surface area contributed by atoms with E-state index in [0.29, 0.717) is 19.0 Å². The topological polar surface area (TPSA) is 43.4 Å². The third kappa shape index (κ3) is 5.18. The van der Waals surface area contributed by atoms with Gasteiger partial charge in [-0.3, -0.25) is 4.90 Å². The Morgan fingerprint density at radius 3 is 2.36 bits per heavy atom. The molecule has 67 valence electrons. The van der Waals surface area contributed by atoms with Crippen LogP contribution in [0.2, 0.25) is 0 Å². The van der Waals surface area contributed by atoms with E-state index in [2.05, 4.69) is 18.7 Å². The van der Waals surface area contributed by atoms with Gasteiger partial charge in [0.15, 0.2) is 0 Å². The first-order valence-electron chi connectivity index (χ1n) is 4.15. The fraction of sp³-hybridized carbons (Fsp3) is 1.00. The van der Waals surface area contributed by atoms with E-state index in [-0.39, 0.29) is 13.2 Å². The van der Waals surface area contributed by atoms with Gasteiger partial charge in [0.25, 0.3) is 0 Å². The van der Waals surface area contributed by atoms with Crippen LogP contribution in [-0.4, -0.2) is 42.4 Å². The molecule has 0 atom stereocenters. The van der Waals surface area contributed by atoms with Crippen LogP contribution in [0.5, 0.6) is 0 Å². The van der Waals surface area contributed by atoms with E-state index in [1.807, 2.05) is 0 Å². The largest absolute Gasteiger partial charge is 0.395 e. The molecule has 0 aliphatic rings. The van der Waals surface area contributed by atoms with Crippen LogP contribution in [0.3, 0.4) is 0 Å². The molecule has 0 spiro atoms. The lowest BCUT2D eigenvalue weighted by Gasteiger charge is -2.24. The first-order chi connectivity index (χ1) is 5.22. The number of aliphatic hydroxyl groups is 1. The molecular formula is C8H18NO2. The molecule has 0 saturated carbocycles. The first-order valence-corrected chi connectivity index (χ1v) is 4.15. The summed E-state index contributed by atoms with van der Waals surface area (Å²) in [5.41, 5.74) is 0. The van der Waals surface area contributed by atoms with Gasteiger partial charge in [-0.05, 0) is 20.3 Å². The molecule has 0 heterocycles. The maximum absolute atomic E-state index is 10.2. The van der Waals surface area contributed by atoms with Gasteiger partial charge in [-0.15, -0.1) is 0 Å². The van der Waals surface area contributed by atoms with E-state index < -0.39 is 0 Å². The summed E-state index contributed by atoms with van der Waals surface area (Å²) in [6, 6.07) is 0.425. The zero-order valence-electron chi connectivity index (χ0n) is 7.42. The van der Waals surface area contributed by atoms with Crippen molar-refractivity contribution in [3.05, 3.63) is 0 Å². The summed E-state index contributed by atoms with van der Waals surface area (Å²) in [5, 5.41) is 18.8. The molecule has 3 heteroatoms. The van der Waals surface area contributed by atoms with Gasteiger partial charge in [0.05, 0.1) is 13.2 Å². The highest BCUT2D eigenvalue weighted by Crippen LogP contribution is 1.98. The number of rotatable bonds is 6. The maximum atomic E-state index is 10.2. The minimum Gasteiger partial charge on any atom is -0.395 e. The monoisotopic (exact) mass is 160 g/mol. The van der Waals surface area contributed by atoms with Crippen LogP contribution in [-0.2, 0) is 5.11 Å². The highest BCUT2D eigenvalue weighted by Gasteiger charge is 2.06. The third-order valence-electron chi connectivity index (χ3n) is 1.71. The van der Waals surface area contributed by atoms with Crippen LogP contribution in [0.4, 0.5) is 0 Å². The molecule has 0 saturated heterocycles. The van der Waals surface area contributed by atoms with E-state index in [9.17, 15) is 5.11 Å². The minimum atomic E-state index is -0.0192. The summed E-state index contributed by atoms with van der Waals surface area (Å²) in [7, 11) is 0. The van der Waals surface area contributed by atoms with Crippen molar-refractivity contribution >= 4 is 0 Å². The molecule has 0 aromatic rings. The average Bonchev–Trinajstić information content (AvgIpc) is 1.97. The Bertz CT molecular complexity index is 86.2. The van der Waals surface area contributed by atoms with E-state index in [4.69, 9.17) is 5.11 Å². The van der Waals surface area contributed by atoms with Crippen LogP contribution in [0.25, 0.3) is 0 Å². The highest BCUT2D eigenvalue weighted by atomic mass is 16.3. The molecule has 0 aliphatic heterocycles. The lowest BCUT2D eigenvalue weighted by Crippen LogP contribution is -2.34. The molecule has 0 amide bonds. The molecule has 1 N–H and O–H groups in total. The Kier molecular flexibility index (Phi) is 6.51. The number of hydrogen-bond donors (Lipinski definition) is 1. The number of hydrogen-bond acceptors (Lipinski definition) is 2. The predicted octanol–water partition coefficient (Wildman–Crippen LogP) is 0.510. The molecule has 0 aromatic heterocycles. The van der Waals surface area contributed by atoms with Crippen molar-refractivity contribution in [1.82, 2.24) is 4.90 Å². The molecule has 11 heavy (non-hydrogen) atoms. The summed E-state index contributed by atoms with van der Waals surface area (Å²) in [6.45, 7) is 5.78. The van der Waals surface area contributed by atoms with Crippen molar-refractivity contribution in [2.24, 2.45) is 0 Å². The molecule has 3 nitrogen and oxygen atoms in total. The van der Waals surface area contributed by atoms with Crippen molar-refractivity contribution in [3.63, 3.8) is 0 Å². The van der Waals surface area contributed by atoms with Gasteiger partial charge in [0, 0.05) is 19.1 Å². The van der Waals surface area contributed by atoms with Crippen molar-refractivity contribution in [2.75, 3.05) is 26.3 Å². The Morgan fingerprint density at radius 2 is 2.00 bits per heavy atom. The average molecular weight is 160 g/mol. The Balaban J connectivity index is 3.51. The third-order valence-corrected chi connectivity index (χ3v) is 1.71. The molecule has 0 unspecified atom stereocenters. The van der Waals surface area contributed by atoms with Crippen LogP contribution in [0.1, 0.15) is 20.3 Å². The normalized spacial score (nSPS) is 11.5. The summed E-state index contributed by atoms with van der Waals surface area (Å²) in [5.74, 6) is 0. The lowest BCUT2D eigenvalue weighted by molar-refractivity contribution is 0.133. The fourth-order valence-electron chi connectivity index (χ4n) is 1.02. The zero-order valence-corrected chi connectivity index (χ0v) is 7.42. The van der Waals surface area contributed by atoms with E-state index in [0.717, 1.165) is 6.54 Å². The van der Waals surface area contributed by atoms with Gasteiger partial charge < -0.3 is 5.11 Å². The molecule has 0 aliphatic carbocycles. The van der Waals surface area contributed by atoms with Crippen molar-refractivity contribution < 1.29 is 10.2 Å². The smallest absolute Gasteiger partial charge is 0.0834 e. The highest BCUT2D eigenvalue weighted by molar-refractivity contribution is 4.61. The van der Waals surface area contributed by atoms with Crippen molar-refractivity contribution in [2.45, 2.75) is 26.3 Å². The van der Waals surface area contributed by atoms with E-state index in [1.165, 1.54) is 0 Å². The van der Waals surface area contributed by atoms with Crippen LogP contribution >= 0.6 is 0 Å². The Morgan fingerprint density at radius 1 is 1.36 bits per heavy atom. The SMILES string of the molecule is CC(C)N(CCO)CCC[O]. The summed E-state index contributed by atoms with van der Waals surface area (Å²) < 4.78 is 0. The fourth-order valence-corrected chi connectivity index (χ4v) is 1.02. The number of nitrogens with zero attached hydrogens (tertiary/aromatic N) is 1. The van der Waals surface area contributed by atoms with Gasteiger partial charge in [-0.2, -0.15) is 0 Å². The van der Waals surface area contributed by atoms with Crippen LogP contribution < -0.4 is 0 Å². The molecule has 0 rings (SSSR count). The molecule has 0 bridgehead atoms. The maximum Gasteiger partial charge on any atom is 0.0834 e. The number of aliphatic hydroxyl groups excluding tert-OH is 1. The second-order valence-corrected chi connectivity index (χ2v) is 2.91. The molecule has 0 fully saturated rings. The Hall–Kier alpha value is -0.120. The van der Waals surface area contributed by atoms with Gasteiger partial charge in [0.1, 0.15) is 0 Å². The zero-order chi connectivity index (χ0) is 8.69. The minimum absolute atomic E-state index is 0.0192. The molecule has 1 radical (unpaired) electrons. The quantitative estimate of drug-likeness (QED) is 0.615. The molecule has 0 aromatic carbocycles. The molecular weight excluding hydrogens is 142 g/mol. The summed E-state index contributed by atoms with van der Waals surface area (Å²) in [4.78, 5) is 2.11. The van der Waals surface area contributed by atoms with Gasteiger partial charge >= 0.3 is 0 Å². The van der Waals surface area contributed by atoms with E-state index >= 15 is 0 Å². The first kappa shape index (κ1) is 10.9. The predicted molar refractivity (Wildman–Crippen MR) is 44.0 cm³/mol. The van der Waals surface area contributed by atoms with Gasteiger partial charge in [-0.1, -0.05) is 0 Å². The van der Waals surface area contributed by atoms with E-state index in [1.54, 1.807) is 0 Å². The summed E-state index contributed by atoms with van der Waals surface area (Å²) in [6.07, 6.45) is 0.679. The lowest BCUT2D eigenvalue weighted by atomic mass is 10.3. The van der Waals surface area contributed by atoms with Crippen molar-refractivity contribution in [3.8, 4) is 0 Å². The van der Waals surface area contributed by atoms with Crippen LogP contribution in [0, 0.1) is 0 Å². The van der Waals surface area contributed by atoms with Gasteiger partial charge in [-0.25, -0.2) is 5.11 Å². The second kappa shape index (κ2) is 6.58.